The molecule has 0 aromatic rings. The number of aliphatic hydroxyl groups is 2. The Bertz CT molecular complexity index is 680. The molecule has 0 aliphatic carbocycles. The Labute approximate surface area is 177 Å². The Kier molecular flexibility index (Phi) is 7.67. The number of aliphatic hydroxyl groups excluding tert-OH is 2. The van der Waals surface area contributed by atoms with Crippen LogP contribution in [0, 0.1) is 0 Å². The van der Waals surface area contributed by atoms with Gasteiger partial charge in [-0.3, -0.25) is 9.69 Å². The van der Waals surface area contributed by atoms with Crippen molar-refractivity contribution in [2.75, 3.05) is 26.9 Å². The molecule has 9 heteroatoms. The summed E-state index contributed by atoms with van der Waals surface area (Å²) in [7, 11) is 1.60. The summed E-state index contributed by atoms with van der Waals surface area (Å²) in [5.41, 5.74) is 0.456. The number of nitrogens with zero attached hydrogens (tertiary/aromatic N) is 1. The lowest BCUT2D eigenvalue weighted by molar-refractivity contribution is -0.252. The van der Waals surface area contributed by atoms with Gasteiger partial charge in [-0.2, -0.15) is 0 Å². The summed E-state index contributed by atoms with van der Waals surface area (Å²) in [6, 6.07) is 0.0742. The zero-order valence-corrected chi connectivity index (χ0v) is 18.1. The number of carbonyl (C=O) groups excluding carboxylic acids is 1. The highest BCUT2D eigenvalue weighted by Crippen LogP contribution is 2.38. The number of rotatable bonds is 8. The van der Waals surface area contributed by atoms with Crippen molar-refractivity contribution >= 4 is 5.78 Å². The first-order valence-electron chi connectivity index (χ1n) is 10.4. The predicted octanol–water partition coefficient (Wildman–Crippen LogP) is 1.26. The maximum Gasteiger partial charge on any atom is 0.197 e. The first-order valence-corrected chi connectivity index (χ1v) is 10.4. The summed E-state index contributed by atoms with van der Waals surface area (Å²) in [5.74, 6) is -0.530. The van der Waals surface area contributed by atoms with E-state index in [2.05, 4.69) is 11.5 Å². The van der Waals surface area contributed by atoms with Gasteiger partial charge in [-0.25, -0.2) is 0 Å². The van der Waals surface area contributed by atoms with E-state index in [1.54, 1.807) is 14.0 Å². The molecular weight excluding hydrogens is 394 g/mol. The van der Waals surface area contributed by atoms with Crippen molar-refractivity contribution in [3.63, 3.8) is 0 Å². The Morgan fingerprint density at radius 2 is 2.07 bits per heavy atom. The minimum atomic E-state index is -0.616. The Morgan fingerprint density at radius 1 is 1.33 bits per heavy atom. The molecule has 30 heavy (non-hydrogen) atoms. The van der Waals surface area contributed by atoms with Crippen molar-refractivity contribution in [2.45, 2.75) is 76.8 Å². The highest BCUT2D eigenvalue weighted by atomic mass is 16.7. The van der Waals surface area contributed by atoms with Gasteiger partial charge >= 0.3 is 0 Å². The molecule has 3 saturated heterocycles. The number of hydrogen-bond acceptors (Lipinski definition) is 9. The smallest absolute Gasteiger partial charge is 0.197 e. The zero-order chi connectivity index (χ0) is 22.0. The van der Waals surface area contributed by atoms with Gasteiger partial charge in [0.2, 0.25) is 0 Å². The average molecular weight is 427 g/mol. The van der Waals surface area contributed by atoms with Gasteiger partial charge in [-0.15, -0.1) is 0 Å². The minimum absolute atomic E-state index is 0.0167. The van der Waals surface area contributed by atoms with Crippen LogP contribution in [0.1, 0.15) is 33.6 Å². The van der Waals surface area contributed by atoms with Crippen LogP contribution in [0.2, 0.25) is 0 Å². The largest absolute Gasteiger partial charge is 0.507 e. The van der Waals surface area contributed by atoms with E-state index in [9.17, 15) is 15.0 Å². The van der Waals surface area contributed by atoms with Gasteiger partial charge < -0.3 is 33.9 Å². The molecule has 170 valence electrons. The molecule has 0 aromatic carbocycles. The average Bonchev–Trinajstić information content (AvgIpc) is 3.11. The molecule has 3 heterocycles. The van der Waals surface area contributed by atoms with E-state index < -0.39 is 18.7 Å². The number of ether oxygens (including phenoxy) is 5. The van der Waals surface area contributed by atoms with Crippen LogP contribution in [0.15, 0.2) is 23.5 Å². The lowest BCUT2D eigenvalue weighted by Crippen LogP contribution is -2.55. The van der Waals surface area contributed by atoms with Crippen molar-refractivity contribution in [3.05, 3.63) is 23.5 Å². The van der Waals surface area contributed by atoms with Gasteiger partial charge in [0.25, 0.3) is 0 Å². The predicted molar refractivity (Wildman–Crippen MR) is 107 cm³/mol. The van der Waals surface area contributed by atoms with E-state index in [0.29, 0.717) is 18.6 Å². The molecule has 0 amide bonds. The molecular formula is C21H33NO8. The van der Waals surface area contributed by atoms with Crippen molar-refractivity contribution in [3.8, 4) is 0 Å². The Hall–Kier alpha value is -1.33. The van der Waals surface area contributed by atoms with E-state index >= 15 is 0 Å². The fraction of sp³-hybridized carbons (Fsp3) is 0.762. The quantitative estimate of drug-likeness (QED) is 0.336. The fourth-order valence-corrected chi connectivity index (χ4v) is 4.36. The second-order valence-electron chi connectivity index (χ2n) is 7.98. The van der Waals surface area contributed by atoms with Gasteiger partial charge in [0.15, 0.2) is 24.6 Å². The van der Waals surface area contributed by atoms with Crippen molar-refractivity contribution < 1.29 is 38.7 Å². The Morgan fingerprint density at radius 3 is 2.70 bits per heavy atom. The number of carbonyl (C=O) groups is 1. The van der Waals surface area contributed by atoms with Crippen LogP contribution in [-0.4, -0.2) is 90.9 Å². The number of morpholine rings is 1. The summed E-state index contributed by atoms with van der Waals surface area (Å²) in [4.78, 5) is 13.8. The second-order valence-corrected chi connectivity index (χ2v) is 7.98. The van der Waals surface area contributed by atoms with E-state index in [1.165, 1.54) is 6.92 Å². The maximum absolute atomic E-state index is 11.6. The number of Topliss-reactive ketones (excluding diaryl/α,β-unsaturated/α-hetero) is 1. The highest BCUT2D eigenvalue weighted by Gasteiger charge is 2.53. The maximum atomic E-state index is 11.6. The molecule has 0 unspecified atom stereocenters. The van der Waals surface area contributed by atoms with E-state index in [-0.39, 0.29) is 54.6 Å². The normalized spacial score (nSPS) is 35.9. The molecule has 3 fully saturated rings. The lowest BCUT2D eigenvalue weighted by Gasteiger charge is -2.41. The van der Waals surface area contributed by atoms with Crippen molar-refractivity contribution in [1.29, 1.82) is 0 Å². The van der Waals surface area contributed by atoms with E-state index in [4.69, 9.17) is 23.7 Å². The fourth-order valence-electron chi connectivity index (χ4n) is 4.36. The monoisotopic (exact) mass is 427 g/mol. The SMILES string of the molecule is C=C(C(C)=O)/C(O)=C(\C)[C@H](CCO)O[C@H]1C[C@H]2[C@H](O[C@@H]3[C@@H](OC)OCCN32)[C@H](C)O1. The summed E-state index contributed by atoms with van der Waals surface area (Å²) in [5, 5.41) is 19.9. The minimum Gasteiger partial charge on any atom is -0.507 e. The van der Waals surface area contributed by atoms with Gasteiger partial charge in [0.05, 0.1) is 24.4 Å². The first kappa shape index (κ1) is 23.3. The third kappa shape index (κ3) is 4.62. The third-order valence-electron chi connectivity index (χ3n) is 6.06. The van der Waals surface area contributed by atoms with Gasteiger partial charge in [-0.1, -0.05) is 6.58 Å². The topological polar surface area (TPSA) is 107 Å². The molecule has 3 aliphatic heterocycles. The van der Waals surface area contributed by atoms with Crippen LogP contribution >= 0.6 is 0 Å². The number of fused-ring (bicyclic) bond motifs is 3. The molecule has 0 spiro atoms. The summed E-state index contributed by atoms with van der Waals surface area (Å²) >= 11 is 0. The number of methoxy groups -OCH3 is 1. The molecule has 7 atom stereocenters. The van der Waals surface area contributed by atoms with E-state index in [0.717, 1.165) is 6.54 Å². The van der Waals surface area contributed by atoms with Crippen molar-refractivity contribution in [2.24, 2.45) is 0 Å². The molecule has 3 aliphatic rings. The molecule has 2 N–H and O–H groups in total. The number of hydrogen-bond donors (Lipinski definition) is 2. The molecule has 0 saturated carbocycles. The van der Waals surface area contributed by atoms with Crippen LogP contribution in [0.25, 0.3) is 0 Å². The van der Waals surface area contributed by atoms with Crippen LogP contribution in [0.5, 0.6) is 0 Å². The molecule has 0 bridgehead atoms. The highest BCUT2D eigenvalue weighted by molar-refractivity contribution is 5.96. The van der Waals surface area contributed by atoms with Crippen LogP contribution in [0.3, 0.4) is 0 Å². The Balaban J connectivity index is 1.74. The van der Waals surface area contributed by atoms with Gasteiger partial charge in [0, 0.05) is 39.1 Å². The lowest BCUT2D eigenvalue weighted by atomic mass is 9.98. The van der Waals surface area contributed by atoms with Crippen molar-refractivity contribution in [1.82, 2.24) is 4.90 Å². The van der Waals surface area contributed by atoms with Crippen LogP contribution < -0.4 is 0 Å². The standard InChI is InChI=1S/C21H33NO8/c1-11(13(3)24)18(25)12(2)16(6-8-23)29-17-10-15-19(14(4)28-17)30-20-21(26-5)27-9-7-22(15)20/h14-17,19-21,23,25H,1,6-10H2,2-5H3/b18-12-/t14-,15-,16-,17-,19+,20+,21-/m0/s1. The summed E-state index contributed by atoms with van der Waals surface area (Å²) in [6.07, 6.45) is -1.45. The van der Waals surface area contributed by atoms with Gasteiger partial charge in [-0.05, 0) is 26.3 Å². The molecule has 9 nitrogen and oxygen atoms in total. The first-order chi connectivity index (χ1) is 14.3. The summed E-state index contributed by atoms with van der Waals surface area (Å²) in [6.45, 7) is 9.71. The summed E-state index contributed by atoms with van der Waals surface area (Å²) < 4.78 is 29.5. The third-order valence-corrected chi connectivity index (χ3v) is 6.06. The molecule has 3 rings (SSSR count). The van der Waals surface area contributed by atoms with Crippen LogP contribution in [-0.2, 0) is 28.5 Å². The van der Waals surface area contributed by atoms with Gasteiger partial charge in [0.1, 0.15) is 11.9 Å². The molecule has 0 radical (unpaired) electrons. The second kappa shape index (κ2) is 9.86. The molecule has 0 aromatic heterocycles. The van der Waals surface area contributed by atoms with E-state index in [1.807, 2.05) is 6.92 Å². The van der Waals surface area contributed by atoms with Crippen LogP contribution in [0.4, 0.5) is 0 Å². The number of ketones is 1. The zero-order valence-electron chi connectivity index (χ0n) is 18.1. The number of allylic oxidation sites excluding steroid dienone is 1.